The fourth-order valence-electron chi connectivity index (χ4n) is 2.34. The zero-order chi connectivity index (χ0) is 14.8. The summed E-state index contributed by atoms with van der Waals surface area (Å²) in [6, 6.07) is 12.4. The Morgan fingerprint density at radius 2 is 1.95 bits per heavy atom. The Morgan fingerprint density at radius 1 is 1.19 bits per heavy atom. The zero-order valence-electron chi connectivity index (χ0n) is 11.5. The van der Waals surface area contributed by atoms with Gasteiger partial charge < -0.3 is 9.30 Å². The minimum atomic E-state index is -0.294. The number of benzene rings is 2. The van der Waals surface area contributed by atoms with E-state index in [1.165, 1.54) is 12.1 Å². The lowest BCUT2D eigenvalue weighted by Crippen LogP contribution is -2.03. The number of rotatable bonds is 4. The maximum Gasteiger partial charge on any atom is 0.125 e. The van der Waals surface area contributed by atoms with E-state index in [0.29, 0.717) is 12.1 Å². The lowest BCUT2D eigenvalue weighted by atomic mass is 10.2. The molecule has 0 unspecified atom stereocenters. The molecule has 0 aliphatic carbocycles. The number of nitrogens with zero attached hydrogens (tertiary/aromatic N) is 2. The fourth-order valence-corrected chi connectivity index (χ4v) is 2.55. The van der Waals surface area contributed by atoms with Gasteiger partial charge in [0, 0.05) is 12.6 Å². The van der Waals surface area contributed by atoms with E-state index >= 15 is 0 Å². The Balaban J connectivity index is 2.01. The van der Waals surface area contributed by atoms with Gasteiger partial charge >= 0.3 is 0 Å². The van der Waals surface area contributed by atoms with Crippen LogP contribution in [0.25, 0.3) is 11.0 Å². The summed E-state index contributed by atoms with van der Waals surface area (Å²) in [5.41, 5.74) is 2.60. The molecule has 0 saturated carbocycles. The van der Waals surface area contributed by atoms with Crippen LogP contribution in [0.5, 0.6) is 5.75 Å². The first-order chi connectivity index (χ1) is 10.2. The number of methoxy groups -OCH3 is 1. The highest BCUT2D eigenvalue weighted by Gasteiger charge is 2.11. The van der Waals surface area contributed by atoms with Crippen LogP contribution in [0.4, 0.5) is 4.39 Å². The maximum absolute atomic E-state index is 13.3. The molecule has 0 spiro atoms. The van der Waals surface area contributed by atoms with Gasteiger partial charge in [0.1, 0.15) is 17.4 Å². The van der Waals surface area contributed by atoms with Gasteiger partial charge in [0.15, 0.2) is 0 Å². The molecule has 21 heavy (non-hydrogen) atoms. The van der Waals surface area contributed by atoms with E-state index in [0.717, 1.165) is 22.7 Å². The van der Waals surface area contributed by atoms with E-state index in [-0.39, 0.29) is 11.7 Å². The Kier molecular flexibility index (Phi) is 3.80. The third-order valence-electron chi connectivity index (χ3n) is 3.41. The standard InChI is InChI=1S/C16H14ClFN2O/c1-21-13-5-2-11(3-6-13)10-20-15-7-4-12(18)8-14(15)19-16(20)9-17/h2-8H,9-10H2,1H3. The quantitative estimate of drug-likeness (QED) is 0.682. The molecule has 0 radical (unpaired) electrons. The average molecular weight is 305 g/mol. The highest BCUT2D eigenvalue weighted by Crippen LogP contribution is 2.21. The van der Waals surface area contributed by atoms with Crippen molar-refractivity contribution in [1.29, 1.82) is 0 Å². The van der Waals surface area contributed by atoms with Crippen molar-refractivity contribution in [3.05, 3.63) is 59.7 Å². The molecule has 3 rings (SSSR count). The van der Waals surface area contributed by atoms with Crippen molar-refractivity contribution in [3.8, 4) is 5.75 Å². The van der Waals surface area contributed by atoms with Crippen LogP contribution < -0.4 is 4.74 Å². The summed E-state index contributed by atoms with van der Waals surface area (Å²) >= 11 is 5.96. The second-order valence-corrected chi connectivity index (χ2v) is 5.00. The van der Waals surface area contributed by atoms with Crippen molar-refractivity contribution in [1.82, 2.24) is 9.55 Å². The van der Waals surface area contributed by atoms with E-state index in [9.17, 15) is 4.39 Å². The van der Waals surface area contributed by atoms with Gasteiger partial charge in [-0.15, -0.1) is 11.6 Å². The summed E-state index contributed by atoms with van der Waals surface area (Å²) in [7, 11) is 1.64. The van der Waals surface area contributed by atoms with Gasteiger partial charge in [0.05, 0.1) is 24.0 Å². The smallest absolute Gasteiger partial charge is 0.125 e. The van der Waals surface area contributed by atoms with Gasteiger partial charge in [-0.25, -0.2) is 9.37 Å². The van der Waals surface area contributed by atoms with Crippen molar-refractivity contribution in [3.63, 3.8) is 0 Å². The van der Waals surface area contributed by atoms with Gasteiger partial charge in [0.25, 0.3) is 0 Å². The molecule has 0 N–H and O–H groups in total. The van der Waals surface area contributed by atoms with Gasteiger partial charge in [-0.05, 0) is 29.8 Å². The van der Waals surface area contributed by atoms with Crippen LogP contribution in [-0.2, 0) is 12.4 Å². The summed E-state index contributed by atoms with van der Waals surface area (Å²) in [4.78, 5) is 4.39. The minimum absolute atomic E-state index is 0.284. The molecule has 2 aromatic carbocycles. The predicted octanol–water partition coefficient (Wildman–Crippen LogP) is 3.97. The first-order valence-corrected chi connectivity index (χ1v) is 7.08. The topological polar surface area (TPSA) is 27.1 Å². The van der Waals surface area contributed by atoms with Crippen LogP contribution in [0.1, 0.15) is 11.4 Å². The summed E-state index contributed by atoms with van der Waals surface area (Å²) in [5.74, 6) is 1.53. The molecule has 1 aromatic heterocycles. The number of halogens is 2. The van der Waals surface area contributed by atoms with Crippen LogP contribution >= 0.6 is 11.6 Å². The minimum Gasteiger partial charge on any atom is -0.497 e. The number of hydrogen-bond acceptors (Lipinski definition) is 2. The lowest BCUT2D eigenvalue weighted by molar-refractivity contribution is 0.414. The zero-order valence-corrected chi connectivity index (χ0v) is 12.3. The van der Waals surface area contributed by atoms with E-state index in [1.54, 1.807) is 13.2 Å². The second kappa shape index (κ2) is 5.74. The second-order valence-electron chi connectivity index (χ2n) is 4.73. The molecule has 1 heterocycles. The Bertz CT molecular complexity index is 768. The Morgan fingerprint density at radius 3 is 2.62 bits per heavy atom. The van der Waals surface area contributed by atoms with E-state index in [1.807, 2.05) is 28.8 Å². The highest BCUT2D eigenvalue weighted by molar-refractivity contribution is 6.16. The molecular weight excluding hydrogens is 291 g/mol. The number of fused-ring (bicyclic) bond motifs is 1. The van der Waals surface area contributed by atoms with Crippen molar-refractivity contribution >= 4 is 22.6 Å². The van der Waals surface area contributed by atoms with Gasteiger partial charge in [-0.3, -0.25) is 0 Å². The van der Waals surface area contributed by atoms with Crippen molar-refractivity contribution in [2.45, 2.75) is 12.4 Å². The molecule has 5 heteroatoms. The normalized spacial score (nSPS) is 11.0. The predicted molar refractivity (Wildman–Crippen MR) is 81.3 cm³/mol. The third-order valence-corrected chi connectivity index (χ3v) is 3.65. The highest BCUT2D eigenvalue weighted by atomic mass is 35.5. The molecular formula is C16H14ClFN2O. The van der Waals surface area contributed by atoms with Crippen molar-refractivity contribution < 1.29 is 9.13 Å². The van der Waals surface area contributed by atoms with Gasteiger partial charge in [0.2, 0.25) is 0 Å². The molecule has 108 valence electrons. The number of aromatic nitrogens is 2. The van der Waals surface area contributed by atoms with Crippen molar-refractivity contribution in [2.75, 3.05) is 7.11 Å². The molecule has 0 amide bonds. The van der Waals surface area contributed by atoms with Crippen LogP contribution in [-0.4, -0.2) is 16.7 Å². The summed E-state index contributed by atoms with van der Waals surface area (Å²) in [5, 5.41) is 0. The monoisotopic (exact) mass is 304 g/mol. The first-order valence-electron chi connectivity index (χ1n) is 6.55. The molecule has 0 fully saturated rings. The number of ether oxygens (including phenoxy) is 1. The SMILES string of the molecule is COc1ccc(Cn2c(CCl)nc3cc(F)ccc32)cc1. The average Bonchev–Trinajstić information content (AvgIpc) is 2.85. The Hall–Kier alpha value is -2.07. The first kappa shape index (κ1) is 13.9. The fraction of sp³-hybridized carbons (Fsp3) is 0.188. The number of hydrogen-bond donors (Lipinski definition) is 0. The molecule has 0 aliphatic heterocycles. The lowest BCUT2D eigenvalue weighted by Gasteiger charge is -2.08. The van der Waals surface area contributed by atoms with E-state index < -0.39 is 0 Å². The molecule has 3 nitrogen and oxygen atoms in total. The van der Waals surface area contributed by atoms with Gasteiger partial charge in [-0.1, -0.05) is 12.1 Å². The van der Waals surface area contributed by atoms with E-state index in [2.05, 4.69) is 4.98 Å². The van der Waals surface area contributed by atoms with E-state index in [4.69, 9.17) is 16.3 Å². The van der Waals surface area contributed by atoms with Gasteiger partial charge in [-0.2, -0.15) is 0 Å². The Labute approximate surface area is 126 Å². The summed E-state index contributed by atoms with van der Waals surface area (Å²) in [6.07, 6.45) is 0. The van der Waals surface area contributed by atoms with Crippen LogP contribution in [0.2, 0.25) is 0 Å². The number of alkyl halides is 1. The van der Waals surface area contributed by atoms with Crippen LogP contribution in [0.15, 0.2) is 42.5 Å². The molecule has 3 aromatic rings. The molecule has 0 aliphatic rings. The van der Waals surface area contributed by atoms with Crippen molar-refractivity contribution in [2.24, 2.45) is 0 Å². The molecule has 0 atom stereocenters. The van der Waals surface area contributed by atoms with Crippen LogP contribution in [0.3, 0.4) is 0 Å². The maximum atomic E-state index is 13.3. The third kappa shape index (κ3) is 2.72. The molecule has 0 bridgehead atoms. The summed E-state index contributed by atoms with van der Waals surface area (Å²) < 4.78 is 20.5. The number of imidazole rings is 1. The molecule has 0 saturated heterocycles. The van der Waals surface area contributed by atoms with Crippen LogP contribution in [0, 0.1) is 5.82 Å². The summed E-state index contributed by atoms with van der Waals surface area (Å²) in [6.45, 7) is 0.633. The largest absolute Gasteiger partial charge is 0.497 e.